The van der Waals surface area contributed by atoms with Gasteiger partial charge in [-0.15, -0.1) is 11.3 Å². The fraction of sp³-hybridized carbons (Fsp3) is 0.385. The molecule has 0 aliphatic rings. The van der Waals surface area contributed by atoms with Crippen molar-refractivity contribution in [2.24, 2.45) is 0 Å². The largest absolute Gasteiger partial charge is 0.485 e. The molecule has 0 N–H and O–H groups in total. The van der Waals surface area contributed by atoms with Gasteiger partial charge in [0.15, 0.2) is 6.61 Å². The first-order valence-electron chi connectivity index (χ1n) is 6.51. The molecule has 2 aromatic heterocycles. The average Bonchev–Trinajstić information content (AvgIpc) is 3.01. The number of ether oxygens (including phenoxy) is 1. The first-order valence-corrected chi connectivity index (χ1v) is 8.71. The minimum Gasteiger partial charge on any atom is -0.485 e. The average molecular weight is 386 g/mol. The second-order valence-corrected chi connectivity index (χ2v) is 7.28. The zero-order valence-corrected chi connectivity index (χ0v) is 13.8. The van der Waals surface area contributed by atoms with E-state index in [1.165, 1.54) is 29.0 Å². The maximum absolute atomic E-state index is 12.8. The van der Waals surface area contributed by atoms with Gasteiger partial charge in [-0.1, -0.05) is 6.92 Å². The maximum atomic E-state index is 12.8. The highest BCUT2D eigenvalue weighted by Crippen LogP contribution is 2.36. The smallest absolute Gasteiger partial charge is 0.456 e. The van der Waals surface area contributed by atoms with Crippen molar-refractivity contribution in [1.82, 2.24) is 9.97 Å². The molecule has 0 aliphatic carbocycles. The molecular formula is C13H11F5N2O2S2. The van der Waals surface area contributed by atoms with Crippen LogP contribution in [0.5, 0.6) is 5.75 Å². The Kier molecular flexibility index (Phi) is 5.53. The number of alkyl halides is 5. The van der Waals surface area contributed by atoms with E-state index in [2.05, 4.69) is 14.7 Å². The molecule has 132 valence electrons. The number of hydrogen-bond donors (Lipinski definition) is 0. The fourth-order valence-corrected chi connectivity index (χ4v) is 3.63. The first kappa shape index (κ1) is 18.7. The van der Waals surface area contributed by atoms with Crippen molar-refractivity contribution in [3.05, 3.63) is 23.8 Å². The lowest BCUT2D eigenvalue weighted by Gasteiger charge is -2.19. The van der Waals surface area contributed by atoms with Crippen molar-refractivity contribution in [2.75, 3.05) is 12.4 Å². The van der Waals surface area contributed by atoms with E-state index in [4.69, 9.17) is 0 Å². The summed E-state index contributed by atoms with van der Waals surface area (Å²) in [6.07, 6.45) is -4.67. The Balaban J connectivity index is 2.12. The van der Waals surface area contributed by atoms with E-state index in [0.29, 0.717) is 21.3 Å². The van der Waals surface area contributed by atoms with Gasteiger partial charge in [0.2, 0.25) is 0 Å². The fourth-order valence-electron chi connectivity index (χ4n) is 1.56. The number of pyridine rings is 1. The summed E-state index contributed by atoms with van der Waals surface area (Å²) in [6.45, 7) is -0.0931. The van der Waals surface area contributed by atoms with Gasteiger partial charge in [0.05, 0.1) is 28.2 Å². The molecule has 2 rings (SSSR count). The molecule has 11 heteroatoms. The molecule has 0 aromatic carbocycles. The van der Waals surface area contributed by atoms with Gasteiger partial charge in [0.25, 0.3) is 0 Å². The van der Waals surface area contributed by atoms with Crippen LogP contribution in [0.4, 0.5) is 22.0 Å². The lowest BCUT2D eigenvalue weighted by molar-refractivity contribution is -0.290. The van der Waals surface area contributed by atoms with Gasteiger partial charge in [-0.3, -0.25) is 9.19 Å². The summed E-state index contributed by atoms with van der Waals surface area (Å²) in [5, 5.41) is 0. The summed E-state index contributed by atoms with van der Waals surface area (Å²) >= 11 is 1.19. The predicted molar refractivity (Wildman–Crippen MR) is 78.8 cm³/mol. The van der Waals surface area contributed by atoms with E-state index >= 15 is 0 Å². The van der Waals surface area contributed by atoms with Crippen LogP contribution in [0.3, 0.4) is 0 Å². The molecular weight excluding hydrogens is 375 g/mol. The second kappa shape index (κ2) is 7.09. The van der Waals surface area contributed by atoms with Crippen molar-refractivity contribution < 1.29 is 30.9 Å². The highest BCUT2D eigenvalue weighted by atomic mass is 32.2. The molecule has 0 bridgehead atoms. The number of rotatable bonds is 6. The normalized spacial score (nSPS) is 13.8. The topological polar surface area (TPSA) is 52.1 Å². The monoisotopic (exact) mass is 386 g/mol. The zero-order chi connectivity index (χ0) is 18.0. The van der Waals surface area contributed by atoms with Crippen LogP contribution in [-0.4, -0.2) is 38.6 Å². The van der Waals surface area contributed by atoms with Crippen LogP contribution in [-0.2, 0) is 10.8 Å². The molecule has 0 aliphatic heterocycles. The summed E-state index contributed by atoms with van der Waals surface area (Å²) in [7, 11) is -1.24. The Morgan fingerprint density at radius 1 is 1.21 bits per heavy atom. The Hall–Kier alpha value is -1.62. The van der Waals surface area contributed by atoms with E-state index in [-0.39, 0.29) is 5.75 Å². The van der Waals surface area contributed by atoms with E-state index in [1.807, 2.05) is 0 Å². The molecule has 24 heavy (non-hydrogen) atoms. The van der Waals surface area contributed by atoms with Gasteiger partial charge in [-0.25, -0.2) is 4.98 Å². The van der Waals surface area contributed by atoms with Gasteiger partial charge in [-0.05, 0) is 12.1 Å². The molecule has 1 unspecified atom stereocenters. The Labute approximate surface area is 140 Å². The molecule has 0 saturated carbocycles. The van der Waals surface area contributed by atoms with Crippen molar-refractivity contribution in [1.29, 1.82) is 0 Å². The van der Waals surface area contributed by atoms with Crippen LogP contribution in [0, 0.1) is 0 Å². The second-order valence-electron chi connectivity index (χ2n) is 4.49. The van der Waals surface area contributed by atoms with Crippen molar-refractivity contribution >= 4 is 22.1 Å². The molecule has 0 radical (unpaired) electrons. The molecule has 2 heterocycles. The minimum absolute atomic E-state index is 0.240. The summed E-state index contributed by atoms with van der Waals surface area (Å²) in [4.78, 5) is 7.98. The van der Waals surface area contributed by atoms with Crippen LogP contribution in [0.2, 0.25) is 0 Å². The number of thiazole rings is 1. The molecule has 0 saturated heterocycles. The number of nitrogens with zero attached hydrogens (tertiary/aromatic N) is 2. The first-order chi connectivity index (χ1) is 11.2. The summed E-state index contributed by atoms with van der Waals surface area (Å²) < 4.78 is 78.6. The van der Waals surface area contributed by atoms with Crippen LogP contribution >= 0.6 is 11.3 Å². The standard InChI is InChI=1S/C13H11F5N2O2S2/c1-2-24(21)11-10(20-7-23-11)9-4-3-8(5-19-9)22-6-12(14,15)13(16,17)18/h3-5,7H,2,6H2,1H3. The maximum Gasteiger partial charge on any atom is 0.456 e. The Bertz CT molecular complexity index is 716. The Morgan fingerprint density at radius 2 is 1.92 bits per heavy atom. The van der Waals surface area contributed by atoms with Crippen molar-refractivity contribution in [2.45, 2.75) is 23.2 Å². The Morgan fingerprint density at radius 3 is 2.46 bits per heavy atom. The van der Waals surface area contributed by atoms with Crippen LogP contribution < -0.4 is 4.74 Å². The van der Waals surface area contributed by atoms with Gasteiger partial charge in [0.1, 0.15) is 15.7 Å². The third-order valence-electron chi connectivity index (χ3n) is 2.82. The number of halogens is 5. The van der Waals surface area contributed by atoms with Crippen molar-refractivity contribution in [3.8, 4) is 17.1 Å². The van der Waals surface area contributed by atoms with Crippen molar-refractivity contribution in [3.63, 3.8) is 0 Å². The lowest BCUT2D eigenvalue weighted by Crippen LogP contribution is -2.41. The third kappa shape index (κ3) is 4.07. The van der Waals surface area contributed by atoms with E-state index in [0.717, 1.165) is 6.20 Å². The lowest BCUT2D eigenvalue weighted by atomic mass is 10.3. The summed E-state index contributed by atoms with van der Waals surface area (Å²) in [5.74, 6) is -4.80. The van der Waals surface area contributed by atoms with Gasteiger partial charge in [-0.2, -0.15) is 22.0 Å². The summed E-state index contributed by atoms with van der Waals surface area (Å²) in [5.41, 5.74) is 2.20. The zero-order valence-electron chi connectivity index (χ0n) is 12.1. The molecule has 0 amide bonds. The molecule has 4 nitrogen and oxygen atoms in total. The highest BCUT2D eigenvalue weighted by molar-refractivity contribution is 7.87. The third-order valence-corrected chi connectivity index (χ3v) is 5.41. The SMILES string of the molecule is CCS(=O)c1scnc1-c1ccc(OCC(F)(F)C(F)(F)F)cn1. The number of aromatic nitrogens is 2. The van der Waals surface area contributed by atoms with Gasteiger partial charge >= 0.3 is 12.1 Å². The van der Waals surface area contributed by atoms with E-state index in [9.17, 15) is 26.2 Å². The van der Waals surface area contributed by atoms with Crippen LogP contribution in [0.15, 0.2) is 28.0 Å². The molecule has 0 spiro atoms. The minimum atomic E-state index is -5.68. The molecule has 0 fully saturated rings. The van der Waals surface area contributed by atoms with E-state index in [1.54, 1.807) is 6.92 Å². The predicted octanol–water partition coefficient (Wildman–Crippen LogP) is 3.91. The van der Waals surface area contributed by atoms with Gasteiger partial charge in [0, 0.05) is 5.75 Å². The highest BCUT2D eigenvalue weighted by Gasteiger charge is 2.58. The van der Waals surface area contributed by atoms with Crippen LogP contribution in [0.1, 0.15) is 6.92 Å². The molecule has 2 aromatic rings. The quantitative estimate of drug-likeness (QED) is 0.707. The number of hydrogen-bond acceptors (Lipinski definition) is 5. The van der Waals surface area contributed by atoms with Gasteiger partial charge < -0.3 is 4.74 Å². The molecule has 1 atom stereocenters. The van der Waals surface area contributed by atoms with Crippen LogP contribution in [0.25, 0.3) is 11.4 Å². The van der Waals surface area contributed by atoms with E-state index < -0.39 is 29.5 Å². The summed E-state index contributed by atoms with van der Waals surface area (Å²) in [6, 6.07) is 2.55.